The third-order valence-corrected chi connectivity index (χ3v) is 7.28. The highest BCUT2D eigenvalue weighted by atomic mass is 127. The van der Waals surface area contributed by atoms with Crippen LogP contribution in [0.5, 0.6) is 11.5 Å². The van der Waals surface area contributed by atoms with Crippen molar-refractivity contribution in [1.82, 2.24) is 14.8 Å². The number of methoxy groups -OCH3 is 2. The Morgan fingerprint density at radius 2 is 1.90 bits per heavy atom. The van der Waals surface area contributed by atoms with Gasteiger partial charge in [0.05, 0.1) is 14.2 Å². The minimum Gasteiger partial charge on any atom is -0.494 e. The molecule has 8 nitrogen and oxygen atoms in total. The minimum atomic E-state index is 0.207. The van der Waals surface area contributed by atoms with Gasteiger partial charge in [-0.1, -0.05) is 21.9 Å². The molecule has 0 aliphatic carbocycles. The number of anilines is 1. The van der Waals surface area contributed by atoms with Gasteiger partial charge in [-0.3, -0.25) is 8.87 Å². The molecule has 3 rings (SSSR count). The van der Waals surface area contributed by atoms with Gasteiger partial charge in [0, 0.05) is 24.1 Å². The van der Waals surface area contributed by atoms with Crippen LogP contribution in [-0.4, -0.2) is 53.1 Å². The highest BCUT2D eigenvalue weighted by molar-refractivity contribution is 14.2. The number of furan rings is 1. The first-order chi connectivity index (χ1) is 15.0. The number of rotatable bonds is 11. The van der Waals surface area contributed by atoms with Crippen LogP contribution in [0, 0.1) is 6.92 Å². The van der Waals surface area contributed by atoms with Crippen LogP contribution in [0.3, 0.4) is 0 Å². The van der Waals surface area contributed by atoms with Crippen molar-refractivity contribution in [3.05, 3.63) is 36.1 Å². The Morgan fingerprint density at radius 3 is 2.45 bits per heavy atom. The average molecular weight is 575 g/mol. The van der Waals surface area contributed by atoms with Gasteiger partial charge in [0.2, 0.25) is 11.8 Å². The maximum absolute atomic E-state index is 5.91. The highest BCUT2D eigenvalue weighted by Crippen LogP contribution is 2.40. The molecule has 0 spiro atoms. The first-order valence-corrected chi connectivity index (χ1v) is 14.0. The Hall–Kier alpha value is -1.57. The van der Waals surface area contributed by atoms with E-state index < -0.39 is 0 Å². The monoisotopic (exact) mass is 575 g/mol. The van der Waals surface area contributed by atoms with Crippen molar-refractivity contribution in [1.29, 1.82) is 0 Å². The van der Waals surface area contributed by atoms with Crippen molar-refractivity contribution in [3.8, 4) is 28.8 Å². The molecule has 0 radical (unpaired) electrons. The van der Waals surface area contributed by atoms with E-state index in [-0.39, 0.29) is 5.25 Å². The quantitative estimate of drug-likeness (QED) is 0.257. The first kappa shape index (κ1) is 24.1. The molecule has 0 aliphatic heterocycles. The van der Waals surface area contributed by atoms with Crippen LogP contribution in [0.1, 0.15) is 12.7 Å². The van der Waals surface area contributed by atoms with Crippen molar-refractivity contribution in [2.45, 2.75) is 19.1 Å². The molecule has 1 atom stereocenters. The second-order valence-electron chi connectivity index (χ2n) is 6.65. The molecule has 2 heterocycles. The van der Waals surface area contributed by atoms with E-state index in [0.29, 0.717) is 41.3 Å². The van der Waals surface area contributed by atoms with Gasteiger partial charge in [-0.2, -0.15) is 0 Å². The van der Waals surface area contributed by atoms with Crippen LogP contribution in [0.2, 0.25) is 0 Å². The van der Waals surface area contributed by atoms with Crippen molar-refractivity contribution in [2.75, 3.05) is 37.4 Å². The Labute approximate surface area is 203 Å². The molecule has 0 saturated carbocycles. The fourth-order valence-corrected chi connectivity index (χ4v) is 4.87. The largest absolute Gasteiger partial charge is 0.494 e. The molecule has 0 saturated heterocycles. The molecule has 0 fully saturated rings. The van der Waals surface area contributed by atoms with Crippen LogP contribution in [-0.2, 0) is 0 Å². The maximum Gasteiger partial charge on any atom is 0.242 e. The zero-order chi connectivity index (χ0) is 22.4. The van der Waals surface area contributed by atoms with Gasteiger partial charge in [0.15, 0.2) is 5.76 Å². The Kier molecular flexibility index (Phi) is 8.81. The Morgan fingerprint density at radius 1 is 1.19 bits per heavy atom. The molecule has 2 N–H and O–H groups in total. The predicted octanol–water partition coefficient (Wildman–Crippen LogP) is 4.74. The number of hydrogen-bond donors (Lipinski definition) is 1. The van der Waals surface area contributed by atoms with Gasteiger partial charge in [-0.15, -0.1) is 10.2 Å². The SMILES string of the molecule is COc1cccc(OC)c1-n1c(-c2ccc(C)o2)nnc1N(CCSI)SC(C)CN. The number of benzene rings is 1. The summed E-state index contributed by atoms with van der Waals surface area (Å²) in [6, 6.07) is 9.46. The predicted molar refractivity (Wildman–Crippen MR) is 137 cm³/mol. The van der Waals surface area contributed by atoms with E-state index in [9.17, 15) is 0 Å². The van der Waals surface area contributed by atoms with E-state index in [1.54, 1.807) is 35.1 Å². The van der Waals surface area contributed by atoms with Crippen LogP contribution in [0.15, 0.2) is 34.7 Å². The summed E-state index contributed by atoms with van der Waals surface area (Å²) < 4.78 is 21.3. The normalized spacial score (nSPS) is 12.1. The van der Waals surface area contributed by atoms with Gasteiger partial charge < -0.3 is 19.6 Å². The number of para-hydroxylation sites is 1. The van der Waals surface area contributed by atoms with Crippen LogP contribution in [0.4, 0.5) is 5.95 Å². The molecule has 0 aliphatic rings. The summed E-state index contributed by atoms with van der Waals surface area (Å²) in [4.78, 5) is 0. The first-order valence-electron chi connectivity index (χ1n) is 9.65. The second-order valence-corrected chi connectivity index (χ2v) is 10.6. The number of ether oxygens (including phenoxy) is 2. The summed E-state index contributed by atoms with van der Waals surface area (Å²) in [5.74, 6) is 4.83. The van der Waals surface area contributed by atoms with E-state index in [1.165, 1.54) is 0 Å². The molecule has 168 valence electrons. The van der Waals surface area contributed by atoms with E-state index >= 15 is 0 Å². The Bertz CT molecular complexity index is 975. The number of hydrogen-bond acceptors (Lipinski definition) is 9. The fourth-order valence-electron chi connectivity index (χ4n) is 2.99. The van der Waals surface area contributed by atoms with Crippen LogP contribution >= 0.6 is 42.1 Å². The fraction of sp³-hybridized carbons (Fsp3) is 0.400. The summed E-state index contributed by atoms with van der Waals surface area (Å²) in [6.07, 6.45) is 0. The molecule has 0 amide bonds. The van der Waals surface area contributed by atoms with E-state index in [2.05, 4.69) is 42.6 Å². The molecule has 11 heteroatoms. The standard InChI is InChI=1S/C20H26IN5O3S2/c1-13-8-9-17(29-13)19-23-24-20(25(10-11-30-21)31-14(2)12-22)26(19)18-15(27-3)6-5-7-16(18)28-4/h5-9,14H,10-12,22H2,1-4H3. The number of aryl methyl sites for hydroxylation is 1. The van der Waals surface area contributed by atoms with Crippen molar-refractivity contribution in [3.63, 3.8) is 0 Å². The molecule has 2 aromatic heterocycles. The molecular formula is C20H26IN5O3S2. The molecular weight excluding hydrogens is 549 g/mol. The molecule has 3 aromatic rings. The van der Waals surface area contributed by atoms with Crippen molar-refractivity contribution < 1.29 is 13.9 Å². The summed E-state index contributed by atoms with van der Waals surface area (Å²) in [6.45, 7) is 5.30. The zero-order valence-electron chi connectivity index (χ0n) is 17.9. The van der Waals surface area contributed by atoms with Gasteiger partial charge in [-0.25, -0.2) is 0 Å². The third-order valence-electron chi connectivity index (χ3n) is 4.47. The third kappa shape index (κ3) is 5.44. The molecule has 0 bridgehead atoms. The highest BCUT2D eigenvalue weighted by Gasteiger charge is 2.27. The van der Waals surface area contributed by atoms with E-state index in [1.807, 2.05) is 41.8 Å². The molecule has 1 unspecified atom stereocenters. The zero-order valence-corrected chi connectivity index (χ0v) is 21.7. The van der Waals surface area contributed by atoms with Gasteiger partial charge in [-0.05, 0) is 64.3 Å². The topological polar surface area (TPSA) is 91.6 Å². The number of halogens is 1. The van der Waals surface area contributed by atoms with Gasteiger partial charge in [0.25, 0.3) is 0 Å². The second kappa shape index (κ2) is 11.3. The summed E-state index contributed by atoms with van der Waals surface area (Å²) in [5, 5.41) is 9.27. The van der Waals surface area contributed by atoms with Gasteiger partial charge in [0.1, 0.15) is 22.9 Å². The summed E-state index contributed by atoms with van der Waals surface area (Å²) >= 11 is 3.94. The smallest absolute Gasteiger partial charge is 0.242 e. The number of aromatic nitrogens is 3. The lowest BCUT2D eigenvalue weighted by Crippen LogP contribution is -2.27. The lowest BCUT2D eigenvalue weighted by Gasteiger charge is -2.26. The Balaban J connectivity index is 2.25. The van der Waals surface area contributed by atoms with Crippen LogP contribution < -0.4 is 19.5 Å². The van der Waals surface area contributed by atoms with E-state index in [0.717, 1.165) is 18.1 Å². The lowest BCUT2D eigenvalue weighted by atomic mass is 10.2. The number of nitrogens with zero attached hydrogens (tertiary/aromatic N) is 4. The van der Waals surface area contributed by atoms with Crippen molar-refractivity contribution >= 4 is 48.0 Å². The maximum atomic E-state index is 5.91. The van der Waals surface area contributed by atoms with Crippen LogP contribution in [0.25, 0.3) is 17.3 Å². The van der Waals surface area contributed by atoms with Gasteiger partial charge >= 0.3 is 0 Å². The number of nitrogens with two attached hydrogens (primary N) is 1. The van der Waals surface area contributed by atoms with Crippen molar-refractivity contribution in [2.24, 2.45) is 5.73 Å². The van der Waals surface area contributed by atoms with E-state index in [4.69, 9.17) is 19.6 Å². The minimum absolute atomic E-state index is 0.207. The molecule has 1 aromatic carbocycles. The average Bonchev–Trinajstić information content (AvgIpc) is 3.41. The summed E-state index contributed by atoms with van der Waals surface area (Å²) in [7, 11) is 5.01. The lowest BCUT2D eigenvalue weighted by molar-refractivity contribution is 0.391. The molecule has 31 heavy (non-hydrogen) atoms. The summed E-state index contributed by atoms with van der Waals surface area (Å²) in [5.41, 5.74) is 6.63.